The summed E-state index contributed by atoms with van der Waals surface area (Å²) in [4.78, 5) is 37.7. The molecule has 2 aliphatic rings. The fourth-order valence-electron chi connectivity index (χ4n) is 3.18. The summed E-state index contributed by atoms with van der Waals surface area (Å²) in [6, 6.07) is 0. The summed E-state index contributed by atoms with van der Waals surface area (Å²) in [5.41, 5.74) is 0. The number of hydrogen-bond acceptors (Lipinski definition) is 4. The minimum absolute atomic E-state index is 0.0759. The molecule has 0 radical (unpaired) electrons. The third kappa shape index (κ3) is 3.80. The van der Waals surface area contributed by atoms with Crippen LogP contribution < -0.4 is 0 Å². The van der Waals surface area contributed by atoms with Crippen LogP contribution >= 0.6 is 0 Å². The van der Waals surface area contributed by atoms with Crippen LogP contribution in [0.15, 0.2) is 0 Å². The van der Waals surface area contributed by atoms with Gasteiger partial charge in [0.2, 0.25) is 11.8 Å². The van der Waals surface area contributed by atoms with Crippen molar-refractivity contribution in [3.05, 3.63) is 0 Å². The van der Waals surface area contributed by atoms with Gasteiger partial charge < -0.3 is 19.6 Å². The second-order valence-electron chi connectivity index (χ2n) is 6.07. The Bertz CT molecular complexity index is 525. The number of nitrogens with zero attached hydrogens (tertiary/aromatic N) is 2. The molecule has 2 amide bonds. The first-order chi connectivity index (χ1) is 11.1. The molecule has 2 rings (SSSR count). The van der Waals surface area contributed by atoms with Gasteiger partial charge in [-0.3, -0.25) is 14.4 Å². The molecule has 2 saturated heterocycles. The number of ether oxygens (including phenoxy) is 1. The Balaban J connectivity index is 2.03. The van der Waals surface area contributed by atoms with Gasteiger partial charge in [-0.1, -0.05) is 0 Å². The molecular formula is C14H19F3N2O5. The van der Waals surface area contributed by atoms with Crippen molar-refractivity contribution in [3.8, 4) is 0 Å². The van der Waals surface area contributed by atoms with E-state index in [9.17, 15) is 27.6 Å². The molecular weight excluding hydrogens is 333 g/mol. The lowest BCUT2D eigenvalue weighted by Crippen LogP contribution is -2.37. The molecule has 0 aromatic heterocycles. The van der Waals surface area contributed by atoms with E-state index in [1.54, 1.807) is 0 Å². The van der Waals surface area contributed by atoms with E-state index in [-0.39, 0.29) is 18.9 Å². The number of carbonyl (C=O) groups excluding carboxylic acids is 2. The number of amides is 2. The number of likely N-dealkylation sites (tertiary alicyclic amines) is 2. The highest BCUT2D eigenvalue weighted by Crippen LogP contribution is 2.38. The Kier molecular flexibility index (Phi) is 5.36. The number of carbonyl (C=O) groups is 3. The lowest BCUT2D eigenvalue weighted by atomic mass is 9.96. The van der Waals surface area contributed by atoms with Crippen molar-refractivity contribution >= 4 is 17.8 Å². The van der Waals surface area contributed by atoms with Crippen molar-refractivity contribution in [2.45, 2.75) is 12.6 Å². The van der Waals surface area contributed by atoms with E-state index in [4.69, 9.17) is 9.84 Å². The fourth-order valence-corrected chi connectivity index (χ4v) is 3.18. The third-order valence-corrected chi connectivity index (χ3v) is 4.50. The van der Waals surface area contributed by atoms with Crippen LogP contribution in [0, 0.1) is 17.8 Å². The van der Waals surface area contributed by atoms with Crippen LogP contribution in [0.4, 0.5) is 13.2 Å². The molecule has 136 valence electrons. The molecule has 24 heavy (non-hydrogen) atoms. The van der Waals surface area contributed by atoms with Crippen molar-refractivity contribution < 1.29 is 37.4 Å². The number of halogens is 3. The zero-order valence-corrected chi connectivity index (χ0v) is 13.1. The highest BCUT2D eigenvalue weighted by molar-refractivity contribution is 5.89. The molecule has 1 unspecified atom stereocenters. The standard InChI is InChI=1S/C14H19F3N2O5/c1-24-3-2-18-5-8(4-11(18)20)12(21)19-6-9(13(22)23)10(7-19)14(15,16)17/h8-10H,2-7H2,1H3,(H,22,23)/t8?,9-,10-/m1/s1. The monoisotopic (exact) mass is 352 g/mol. The summed E-state index contributed by atoms with van der Waals surface area (Å²) in [7, 11) is 1.47. The summed E-state index contributed by atoms with van der Waals surface area (Å²) in [6.07, 6.45) is -4.76. The minimum atomic E-state index is -4.69. The van der Waals surface area contributed by atoms with E-state index >= 15 is 0 Å². The molecule has 0 aromatic carbocycles. The Hall–Kier alpha value is -1.84. The van der Waals surface area contributed by atoms with Gasteiger partial charge in [-0.15, -0.1) is 0 Å². The van der Waals surface area contributed by atoms with Crippen LogP contribution in [-0.2, 0) is 19.1 Å². The smallest absolute Gasteiger partial charge is 0.394 e. The second-order valence-corrected chi connectivity index (χ2v) is 6.07. The van der Waals surface area contributed by atoms with Crippen molar-refractivity contribution in [2.75, 3.05) is 39.9 Å². The fraction of sp³-hybridized carbons (Fsp3) is 0.786. The summed E-state index contributed by atoms with van der Waals surface area (Å²) in [6.45, 7) is -0.440. The number of methoxy groups -OCH3 is 1. The summed E-state index contributed by atoms with van der Waals surface area (Å²) in [5.74, 6) is -6.92. The molecule has 2 fully saturated rings. The van der Waals surface area contributed by atoms with Crippen molar-refractivity contribution in [1.29, 1.82) is 0 Å². The average molecular weight is 352 g/mol. The van der Waals surface area contributed by atoms with Crippen LogP contribution in [0.1, 0.15) is 6.42 Å². The Morgan fingerprint density at radius 3 is 2.46 bits per heavy atom. The van der Waals surface area contributed by atoms with Gasteiger partial charge in [0, 0.05) is 39.7 Å². The molecule has 2 heterocycles. The van der Waals surface area contributed by atoms with E-state index < -0.39 is 48.9 Å². The molecule has 2 aliphatic heterocycles. The molecule has 0 bridgehead atoms. The normalized spacial score (nSPS) is 27.8. The summed E-state index contributed by atoms with van der Waals surface area (Å²) in [5, 5.41) is 8.98. The number of aliphatic carboxylic acids is 1. The van der Waals surface area contributed by atoms with Crippen LogP contribution in [-0.4, -0.2) is 78.8 Å². The number of alkyl halides is 3. The van der Waals surface area contributed by atoms with Gasteiger partial charge in [-0.25, -0.2) is 0 Å². The van der Waals surface area contributed by atoms with E-state index in [0.717, 1.165) is 4.90 Å². The summed E-state index contributed by atoms with van der Waals surface area (Å²) >= 11 is 0. The molecule has 3 atom stereocenters. The first-order valence-electron chi connectivity index (χ1n) is 7.50. The predicted octanol–water partition coefficient (Wildman–Crippen LogP) is 0.203. The molecule has 10 heteroatoms. The number of carboxylic acids is 1. The number of hydrogen-bond donors (Lipinski definition) is 1. The van der Waals surface area contributed by atoms with Gasteiger partial charge in [-0.2, -0.15) is 13.2 Å². The Morgan fingerprint density at radius 2 is 1.96 bits per heavy atom. The van der Waals surface area contributed by atoms with Crippen LogP contribution in [0.5, 0.6) is 0 Å². The van der Waals surface area contributed by atoms with Gasteiger partial charge in [0.15, 0.2) is 0 Å². The van der Waals surface area contributed by atoms with E-state index in [0.29, 0.717) is 13.2 Å². The van der Waals surface area contributed by atoms with Crippen molar-refractivity contribution in [3.63, 3.8) is 0 Å². The molecule has 0 saturated carbocycles. The predicted molar refractivity (Wildman–Crippen MR) is 73.8 cm³/mol. The van der Waals surface area contributed by atoms with Crippen LogP contribution in [0.2, 0.25) is 0 Å². The lowest BCUT2D eigenvalue weighted by Gasteiger charge is -2.21. The minimum Gasteiger partial charge on any atom is -0.481 e. The average Bonchev–Trinajstić information content (AvgIpc) is 3.08. The SMILES string of the molecule is COCCN1CC(C(=O)N2C[C@@H](C(F)(F)F)[C@H](C(=O)O)C2)CC1=O. The van der Waals surface area contributed by atoms with Gasteiger partial charge >= 0.3 is 12.1 Å². The Labute approximate surface area is 136 Å². The molecule has 1 N–H and O–H groups in total. The maximum Gasteiger partial charge on any atom is 0.394 e. The zero-order chi connectivity index (χ0) is 18.1. The quantitative estimate of drug-likeness (QED) is 0.764. The highest BCUT2D eigenvalue weighted by Gasteiger charge is 2.54. The second kappa shape index (κ2) is 6.96. The van der Waals surface area contributed by atoms with Crippen LogP contribution in [0.25, 0.3) is 0 Å². The largest absolute Gasteiger partial charge is 0.481 e. The first kappa shape index (κ1) is 18.5. The van der Waals surface area contributed by atoms with E-state index in [2.05, 4.69) is 0 Å². The van der Waals surface area contributed by atoms with Crippen molar-refractivity contribution in [2.24, 2.45) is 17.8 Å². The molecule has 0 aliphatic carbocycles. The van der Waals surface area contributed by atoms with E-state index in [1.165, 1.54) is 12.0 Å². The zero-order valence-electron chi connectivity index (χ0n) is 13.1. The first-order valence-corrected chi connectivity index (χ1v) is 7.50. The Morgan fingerprint density at radius 1 is 1.29 bits per heavy atom. The van der Waals surface area contributed by atoms with Gasteiger partial charge in [0.1, 0.15) is 0 Å². The number of rotatable bonds is 5. The highest BCUT2D eigenvalue weighted by atomic mass is 19.4. The maximum absolute atomic E-state index is 13.0. The van der Waals surface area contributed by atoms with Crippen LogP contribution in [0.3, 0.4) is 0 Å². The lowest BCUT2D eigenvalue weighted by molar-refractivity contribution is -0.188. The molecule has 0 spiro atoms. The van der Waals surface area contributed by atoms with Gasteiger partial charge in [0.25, 0.3) is 0 Å². The topological polar surface area (TPSA) is 87.2 Å². The van der Waals surface area contributed by atoms with Crippen molar-refractivity contribution in [1.82, 2.24) is 9.80 Å². The number of carboxylic acid groups (broad SMARTS) is 1. The van der Waals surface area contributed by atoms with Gasteiger partial charge in [0.05, 0.1) is 24.4 Å². The van der Waals surface area contributed by atoms with Gasteiger partial charge in [-0.05, 0) is 0 Å². The van der Waals surface area contributed by atoms with E-state index in [1.807, 2.05) is 0 Å². The summed E-state index contributed by atoms with van der Waals surface area (Å²) < 4.78 is 43.8. The molecule has 7 nitrogen and oxygen atoms in total. The third-order valence-electron chi connectivity index (χ3n) is 4.50. The molecule has 0 aromatic rings. The maximum atomic E-state index is 13.0.